The summed E-state index contributed by atoms with van der Waals surface area (Å²) in [6.07, 6.45) is 0. The minimum absolute atomic E-state index is 0.229. The predicted octanol–water partition coefficient (Wildman–Crippen LogP) is 0.816. The van der Waals surface area contributed by atoms with Crippen LogP contribution in [0.1, 0.15) is 10.4 Å². The van der Waals surface area contributed by atoms with Gasteiger partial charge in [0.15, 0.2) is 11.5 Å². The molecule has 0 fully saturated rings. The molecule has 1 amide bonds. The second-order valence-electron chi connectivity index (χ2n) is 3.42. The number of aromatic hydroxyl groups is 2. The summed E-state index contributed by atoms with van der Waals surface area (Å²) in [5, 5.41) is 18.4. The minimum Gasteiger partial charge on any atom is -0.504 e. The SMILES string of the molecule is COCCN(C)C(=O)c1ccc(O)c(O)c1. The molecule has 1 rings (SSSR count). The number of carbonyl (C=O) groups excluding carboxylic acids is 1. The van der Waals surface area contributed by atoms with Crippen LogP contribution in [0.3, 0.4) is 0 Å². The molecule has 0 spiro atoms. The molecule has 0 saturated carbocycles. The molecule has 5 heteroatoms. The molecule has 1 aromatic rings. The Balaban J connectivity index is 2.76. The van der Waals surface area contributed by atoms with Gasteiger partial charge in [0.2, 0.25) is 0 Å². The Morgan fingerprint density at radius 1 is 1.38 bits per heavy atom. The van der Waals surface area contributed by atoms with E-state index >= 15 is 0 Å². The van der Waals surface area contributed by atoms with Crippen molar-refractivity contribution in [1.82, 2.24) is 4.90 Å². The highest BCUT2D eigenvalue weighted by atomic mass is 16.5. The summed E-state index contributed by atoms with van der Waals surface area (Å²) in [5.41, 5.74) is 0.328. The number of hydrogen-bond acceptors (Lipinski definition) is 4. The van der Waals surface area contributed by atoms with Gasteiger partial charge >= 0.3 is 0 Å². The van der Waals surface area contributed by atoms with Crippen LogP contribution in [0.2, 0.25) is 0 Å². The van der Waals surface area contributed by atoms with Gasteiger partial charge in [-0.25, -0.2) is 0 Å². The predicted molar refractivity (Wildman–Crippen MR) is 58.6 cm³/mol. The number of likely N-dealkylation sites (N-methyl/N-ethyl adjacent to an activating group) is 1. The fourth-order valence-electron chi connectivity index (χ4n) is 1.21. The van der Waals surface area contributed by atoms with E-state index in [1.807, 2.05) is 0 Å². The molecule has 0 saturated heterocycles. The number of hydrogen-bond donors (Lipinski definition) is 2. The molecular weight excluding hydrogens is 210 g/mol. The second-order valence-corrected chi connectivity index (χ2v) is 3.42. The summed E-state index contributed by atoms with van der Waals surface area (Å²) in [6.45, 7) is 0.920. The van der Waals surface area contributed by atoms with E-state index in [0.717, 1.165) is 0 Å². The average Bonchev–Trinajstić information content (AvgIpc) is 2.28. The van der Waals surface area contributed by atoms with E-state index in [0.29, 0.717) is 18.7 Å². The molecule has 0 aliphatic carbocycles. The molecule has 5 nitrogen and oxygen atoms in total. The maximum atomic E-state index is 11.8. The molecule has 0 atom stereocenters. The Kier molecular flexibility index (Phi) is 4.13. The van der Waals surface area contributed by atoms with Gasteiger partial charge in [-0.15, -0.1) is 0 Å². The van der Waals surface area contributed by atoms with Gasteiger partial charge in [0.1, 0.15) is 0 Å². The fourth-order valence-corrected chi connectivity index (χ4v) is 1.21. The first-order valence-electron chi connectivity index (χ1n) is 4.82. The number of carbonyl (C=O) groups is 1. The number of phenols is 2. The zero-order valence-electron chi connectivity index (χ0n) is 9.30. The maximum absolute atomic E-state index is 11.8. The molecule has 0 unspecified atom stereocenters. The van der Waals surface area contributed by atoms with Gasteiger partial charge in [-0.3, -0.25) is 4.79 Å². The molecule has 0 heterocycles. The van der Waals surface area contributed by atoms with Crippen molar-refractivity contribution in [2.75, 3.05) is 27.3 Å². The lowest BCUT2D eigenvalue weighted by atomic mass is 10.2. The monoisotopic (exact) mass is 225 g/mol. The van der Waals surface area contributed by atoms with Crippen LogP contribution < -0.4 is 0 Å². The van der Waals surface area contributed by atoms with Crippen molar-refractivity contribution in [2.24, 2.45) is 0 Å². The summed E-state index contributed by atoms with van der Waals surface area (Å²) in [7, 11) is 3.20. The van der Waals surface area contributed by atoms with Crippen LogP contribution in [-0.4, -0.2) is 48.3 Å². The third-order valence-corrected chi connectivity index (χ3v) is 2.20. The van der Waals surface area contributed by atoms with Crippen molar-refractivity contribution in [1.29, 1.82) is 0 Å². The van der Waals surface area contributed by atoms with Crippen LogP contribution in [0.15, 0.2) is 18.2 Å². The number of nitrogens with zero attached hydrogens (tertiary/aromatic N) is 1. The van der Waals surface area contributed by atoms with E-state index in [-0.39, 0.29) is 17.4 Å². The zero-order chi connectivity index (χ0) is 12.1. The highest BCUT2D eigenvalue weighted by molar-refractivity contribution is 5.94. The first-order chi connectivity index (χ1) is 7.56. The van der Waals surface area contributed by atoms with Crippen molar-refractivity contribution in [3.63, 3.8) is 0 Å². The fraction of sp³-hybridized carbons (Fsp3) is 0.364. The van der Waals surface area contributed by atoms with Crippen LogP contribution in [-0.2, 0) is 4.74 Å². The molecular formula is C11H15NO4. The Labute approximate surface area is 93.9 Å². The molecule has 1 aromatic carbocycles. The standard InChI is InChI=1S/C11H15NO4/c1-12(5-6-16-2)11(15)8-3-4-9(13)10(14)7-8/h3-4,7,13-14H,5-6H2,1-2H3. The van der Waals surface area contributed by atoms with Crippen LogP contribution >= 0.6 is 0 Å². The number of rotatable bonds is 4. The van der Waals surface area contributed by atoms with Gasteiger partial charge in [0, 0.05) is 26.3 Å². The lowest BCUT2D eigenvalue weighted by molar-refractivity contribution is 0.0744. The Morgan fingerprint density at radius 2 is 2.06 bits per heavy atom. The van der Waals surface area contributed by atoms with Gasteiger partial charge in [0.25, 0.3) is 5.91 Å². The summed E-state index contributed by atoms with van der Waals surface area (Å²) >= 11 is 0. The van der Waals surface area contributed by atoms with E-state index in [9.17, 15) is 9.90 Å². The number of methoxy groups -OCH3 is 1. The molecule has 16 heavy (non-hydrogen) atoms. The van der Waals surface area contributed by atoms with E-state index in [1.54, 1.807) is 14.2 Å². The number of ether oxygens (including phenoxy) is 1. The number of phenolic OH excluding ortho intramolecular Hbond substituents is 2. The first-order valence-corrected chi connectivity index (χ1v) is 4.82. The largest absolute Gasteiger partial charge is 0.504 e. The molecule has 0 radical (unpaired) electrons. The van der Waals surface area contributed by atoms with Crippen LogP contribution in [0.4, 0.5) is 0 Å². The van der Waals surface area contributed by atoms with Crippen molar-refractivity contribution in [3.8, 4) is 11.5 Å². The summed E-state index contributed by atoms with van der Waals surface area (Å²) in [6, 6.07) is 3.98. The molecule has 0 aliphatic rings. The third-order valence-electron chi connectivity index (χ3n) is 2.20. The summed E-state index contributed by atoms with van der Waals surface area (Å²) in [4.78, 5) is 13.3. The van der Waals surface area contributed by atoms with Crippen LogP contribution in [0.5, 0.6) is 11.5 Å². The van der Waals surface area contributed by atoms with Gasteiger partial charge in [-0.2, -0.15) is 0 Å². The molecule has 88 valence electrons. The second kappa shape index (κ2) is 5.37. The van der Waals surface area contributed by atoms with Gasteiger partial charge in [0.05, 0.1) is 6.61 Å². The first kappa shape index (κ1) is 12.3. The number of amides is 1. The Hall–Kier alpha value is -1.75. The van der Waals surface area contributed by atoms with Crippen molar-refractivity contribution in [3.05, 3.63) is 23.8 Å². The highest BCUT2D eigenvalue weighted by Gasteiger charge is 2.12. The average molecular weight is 225 g/mol. The lowest BCUT2D eigenvalue weighted by Gasteiger charge is -2.16. The zero-order valence-corrected chi connectivity index (χ0v) is 9.30. The van der Waals surface area contributed by atoms with Crippen molar-refractivity contribution >= 4 is 5.91 Å². The number of benzene rings is 1. The van der Waals surface area contributed by atoms with Gasteiger partial charge < -0.3 is 19.8 Å². The summed E-state index contributed by atoms with van der Waals surface area (Å²) < 4.78 is 4.86. The van der Waals surface area contributed by atoms with Gasteiger partial charge in [-0.1, -0.05) is 0 Å². The van der Waals surface area contributed by atoms with Crippen molar-refractivity contribution < 1.29 is 19.7 Å². The Bertz CT molecular complexity index is 378. The molecule has 0 bridgehead atoms. The summed E-state index contributed by atoms with van der Waals surface area (Å²) in [5.74, 6) is -0.769. The van der Waals surface area contributed by atoms with E-state index in [4.69, 9.17) is 9.84 Å². The Morgan fingerprint density at radius 3 is 2.62 bits per heavy atom. The van der Waals surface area contributed by atoms with E-state index in [1.165, 1.54) is 23.1 Å². The maximum Gasteiger partial charge on any atom is 0.253 e. The quantitative estimate of drug-likeness (QED) is 0.744. The van der Waals surface area contributed by atoms with E-state index < -0.39 is 0 Å². The molecule has 0 aliphatic heterocycles. The highest BCUT2D eigenvalue weighted by Crippen LogP contribution is 2.25. The van der Waals surface area contributed by atoms with E-state index in [2.05, 4.69) is 0 Å². The third kappa shape index (κ3) is 2.87. The molecule has 0 aromatic heterocycles. The van der Waals surface area contributed by atoms with Gasteiger partial charge in [-0.05, 0) is 18.2 Å². The van der Waals surface area contributed by atoms with Crippen molar-refractivity contribution in [2.45, 2.75) is 0 Å². The minimum atomic E-state index is -0.300. The van der Waals surface area contributed by atoms with Crippen LogP contribution in [0, 0.1) is 0 Å². The lowest BCUT2D eigenvalue weighted by Crippen LogP contribution is -2.29. The normalized spacial score (nSPS) is 10.1. The smallest absolute Gasteiger partial charge is 0.253 e. The van der Waals surface area contributed by atoms with Crippen LogP contribution in [0.25, 0.3) is 0 Å². The molecule has 2 N–H and O–H groups in total. The topological polar surface area (TPSA) is 70.0 Å².